The number of rotatable bonds is 29. The Balaban J connectivity index is 0. The van der Waals surface area contributed by atoms with Gasteiger partial charge in [0.25, 0.3) is 0 Å². The highest BCUT2D eigenvalue weighted by molar-refractivity contribution is 5.71. The largest absolute Gasteiger partial charge is 1.00 e. The van der Waals surface area contributed by atoms with Gasteiger partial charge in [0.05, 0.1) is 20.5 Å². The van der Waals surface area contributed by atoms with Crippen molar-refractivity contribution in [2.45, 2.75) is 200 Å². The van der Waals surface area contributed by atoms with Gasteiger partial charge in [0.15, 0.2) is 6.23 Å². The molecule has 0 aliphatic carbocycles. The van der Waals surface area contributed by atoms with Gasteiger partial charge in [0, 0.05) is 19.8 Å². The monoisotopic (exact) mass is 663 g/mol. The van der Waals surface area contributed by atoms with Crippen LogP contribution in [0.4, 0.5) is 0 Å². The molecule has 0 aliphatic heterocycles. The molecule has 0 aromatic heterocycles. The summed E-state index contributed by atoms with van der Waals surface area (Å²) in [6.07, 6.45) is 26.7. The number of carbonyl (C=O) groups is 2. The van der Waals surface area contributed by atoms with Crippen LogP contribution in [0.1, 0.15) is 188 Å². The standard InChI is InChI=1S/C35H70NO5.BrH/c1-7-10-12-14-16-18-20-22-24-26-28-30-33(38)40-35(9-3,36(5,6)32(4)37)41-34(39)31-29-27-25-23-21-19-17-15-13-11-8-2;/h32,37H,7-31H2,1-6H3;1H/q+1;/p-1. The number of carbonyl (C=O) groups excluding carboxylic acids is 2. The molecule has 252 valence electrons. The Bertz CT molecular complexity index is 601. The summed E-state index contributed by atoms with van der Waals surface area (Å²) in [5, 5.41) is 10.5. The van der Waals surface area contributed by atoms with Crippen LogP contribution in [-0.4, -0.2) is 47.8 Å². The molecule has 0 heterocycles. The number of aliphatic hydroxyl groups is 1. The quantitative estimate of drug-likeness (QED) is 0.0406. The normalized spacial score (nSPS) is 12.5. The van der Waals surface area contributed by atoms with Crippen LogP contribution < -0.4 is 17.0 Å². The molecule has 0 rings (SSSR count). The first-order valence-corrected chi connectivity index (χ1v) is 17.6. The lowest BCUT2D eigenvalue weighted by Crippen LogP contribution is -3.00. The summed E-state index contributed by atoms with van der Waals surface area (Å²) in [4.78, 5) is 25.8. The van der Waals surface area contributed by atoms with Crippen molar-refractivity contribution in [3.8, 4) is 0 Å². The van der Waals surface area contributed by atoms with E-state index in [0.29, 0.717) is 12.8 Å². The molecule has 0 fully saturated rings. The molecule has 1 N–H and O–H groups in total. The van der Waals surface area contributed by atoms with Crippen molar-refractivity contribution in [1.82, 2.24) is 0 Å². The Hall–Kier alpha value is -0.660. The third-order valence-corrected chi connectivity index (χ3v) is 8.77. The van der Waals surface area contributed by atoms with Crippen LogP contribution in [0.5, 0.6) is 0 Å². The number of esters is 2. The molecule has 7 heteroatoms. The fourth-order valence-electron chi connectivity index (χ4n) is 5.42. The van der Waals surface area contributed by atoms with Gasteiger partial charge in [-0.2, -0.15) is 0 Å². The molecule has 42 heavy (non-hydrogen) atoms. The van der Waals surface area contributed by atoms with Crippen molar-refractivity contribution in [2.24, 2.45) is 0 Å². The maximum absolute atomic E-state index is 12.9. The lowest BCUT2D eigenvalue weighted by molar-refractivity contribution is -1.02. The lowest BCUT2D eigenvalue weighted by Gasteiger charge is -2.46. The number of hydrogen-bond donors (Lipinski definition) is 1. The number of hydrogen-bond acceptors (Lipinski definition) is 5. The van der Waals surface area contributed by atoms with E-state index in [1.807, 2.05) is 6.92 Å². The minimum atomic E-state index is -1.53. The van der Waals surface area contributed by atoms with Gasteiger partial charge in [-0.15, -0.1) is 0 Å². The molecule has 0 saturated heterocycles. The number of nitrogens with zero attached hydrogens (tertiary/aromatic N) is 1. The first-order chi connectivity index (χ1) is 19.7. The van der Waals surface area contributed by atoms with Crippen molar-refractivity contribution in [1.29, 1.82) is 0 Å². The van der Waals surface area contributed by atoms with Gasteiger partial charge >= 0.3 is 17.8 Å². The minimum Gasteiger partial charge on any atom is -1.00 e. The first kappa shape index (κ1) is 43.5. The van der Waals surface area contributed by atoms with Crippen molar-refractivity contribution in [3.63, 3.8) is 0 Å². The second kappa shape index (κ2) is 27.9. The van der Waals surface area contributed by atoms with E-state index in [1.165, 1.54) is 103 Å². The van der Waals surface area contributed by atoms with E-state index < -0.39 is 12.1 Å². The van der Waals surface area contributed by atoms with Crippen LogP contribution in [0.2, 0.25) is 0 Å². The Morgan fingerprint density at radius 2 is 0.833 bits per heavy atom. The van der Waals surface area contributed by atoms with E-state index in [1.54, 1.807) is 21.0 Å². The SMILES string of the molecule is CCCCCCCCCCCCCC(=O)OC(CC)(OC(=O)CCCCCCCCCCCCC)[N+](C)(C)C(C)O.[Br-]. The smallest absolute Gasteiger partial charge is 0.409 e. The summed E-state index contributed by atoms with van der Waals surface area (Å²) < 4.78 is 11.7. The molecule has 0 amide bonds. The van der Waals surface area contributed by atoms with Crippen LogP contribution in [-0.2, 0) is 19.1 Å². The molecule has 0 radical (unpaired) electrons. The molecule has 6 nitrogen and oxygen atoms in total. The molecule has 0 spiro atoms. The number of halogens is 1. The highest BCUT2D eigenvalue weighted by Crippen LogP contribution is 2.32. The second-order valence-electron chi connectivity index (χ2n) is 12.8. The van der Waals surface area contributed by atoms with Crippen LogP contribution in [0.3, 0.4) is 0 Å². The summed E-state index contributed by atoms with van der Waals surface area (Å²) in [5.74, 6) is -2.26. The molecule has 0 aromatic rings. The van der Waals surface area contributed by atoms with Gasteiger partial charge in [-0.05, 0) is 12.8 Å². The van der Waals surface area contributed by atoms with E-state index in [-0.39, 0.29) is 39.8 Å². The van der Waals surface area contributed by atoms with E-state index in [4.69, 9.17) is 9.47 Å². The summed E-state index contributed by atoms with van der Waals surface area (Å²) >= 11 is 0. The summed E-state index contributed by atoms with van der Waals surface area (Å²) in [7, 11) is 3.50. The molecule has 0 bridgehead atoms. The van der Waals surface area contributed by atoms with E-state index >= 15 is 0 Å². The van der Waals surface area contributed by atoms with Gasteiger partial charge in [-0.1, -0.05) is 149 Å². The zero-order valence-corrected chi connectivity index (χ0v) is 30.2. The van der Waals surface area contributed by atoms with Crippen molar-refractivity contribution < 1.29 is 45.6 Å². The lowest BCUT2D eigenvalue weighted by atomic mass is 10.1. The van der Waals surface area contributed by atoms with Gasteiger partial charge in [-0.25, -0.2) is 4.48 Å². The Morgan fingerprint density at radius 1 is 0.571 bits per heavy atom. The number of ether oxygens (including phenoxy) is 2. The topological polar surface area (TPSA) is 72.8 Å². The molecule has 0 aromatic carbocycles. The molecule has 1 unspecified atom stereocenters. The van der Waals surface area contributed by atoms with Crippen LogP contribution >= 0.6 is 0 Å². The van der Waals surface area contributed by atoms with Crippen molar-refractivity contribution in [2.75, 3.05) is 14.1 Å². The number of quaternary nitrogens is 1. The third-order valence-electron chi connectivity index (χ3n) is 8.77. The highest BCUT2D eigenvalue weighted by Gasteiger charge is 2.54. The van der Waals surface area contributed by atoms with Gasteiger partial charge < -0.3 is 31.6 Å². The number of aliphatic hydroxyl groups excluding tert-OH is 1. The van der Waals surface area contributed by atoms with Crippen LogP contribution in [0, 0.1) is 0 Å². The third kappa shape index (κ3) is 20.3. The van der Waals surface area contributed by atoms with E-state index in [2.05, 4.69) is 13.8 Å². The summed E-state index contributed by atoms with van der Waals surface area (Å²) in [5.41, 5.74) is 0. The van der Waals surface area contributed by atoms with Crippen LogP contribution in [0.15, 0.2) is 0 Å². The van der Waals surface area contributed by atoms with E-state index in [9.17, 15) is 14.7 Å². The zero-order valence-electron chi connectivity index (χ0n) is 28.7. The Kier molecular flexibility index (Phi) is 28.8. The Labute approximate surface area is 271 Å². The van der Waals surface area contributed by atoms with Gasteiger partial charge in [0.1, 0.15) is 0 Å². The second-order valence-corrected chi connectivity index (χ2v) is 12.8. The van der Waals surface area contributed by atoms with Crippen LogP contribution in [0.25, 0.3) is 0 Å². The first-order valence-electron chi connectivity index (χ1n) is 17.6. The molecular weight excluding hydrogens is 594 g/mol. The molecule has 0 aliphatic rings. The average Bonchev–Trinajstić information content (AvgIpc) is 2.94. The van der Waals surface area contributed by atoms with E-state index in [0.717, 1.165) is 38.5 Å². The highest BCUT2D eigenvalue weighted by atomic mass is 79.9. The predicted molar refractivity (Wildman–Crippen MR) is 171 cm³/mol. The molecule has 1 atom stereocenters. The number of unbranched alkanes of at least 4 members (excludes halogenated alkanes) is 20. The van der Waals surface area contributed by atoms with Gasteiger partial charge in [0.2, 0.25) is 0 Å². The fraction of sp³-hybridized carbons (Fsp3) is 0.943. The minimum absolute atomic E-state index is 0. The Morgan fingerprint density at radius 3 is 1.07 bits per heavy atom. The maximum Gasteiger partial charge on any atom is 0.409 e. The molecular formula is C35H70BrNO5. The molecule has 0 saturated carbocycles. The fourth-order valence-corrected chi connectivity index (χ4v) is 5.42. The zero-order chi connectivity index (χ0) is 30.8. The van der Waals surface area contributed by atoms with Crippen molar-refractivity contribution in [3.05, 3.63) is 0 Å². The predicted octanol–water partition coefficient (Wildman–Crippen LogP) is 6.96. The van der Waals surface area contributed by atoms with Gasteiger partial charge in [-0.3, -0.25) is 9.59 Å². The summed E-state index contributed by atoms with van der Waals surface area (Å²) in [6.45, 7) is 7.98. The average molecular weight is 665 g/mol. The maximum atomic E-state index is 12.9. The summed E-state index contributed by atoms with van der Waals surface area (Å²) in [6, 6.07) is 0. The van der Waals surface area contributed by atoms with Crippen molar-refractivity contribution >= 4 is 11.9 Å².